The number of carbonyl (C=O) groups is 2. The summed E-state index contributed by atoms with van der Waals surface area (Å²) in [6.45, 7) is 3.54. The van der Waals surface area contributed by atoms with Gasteiger partial charge in [0.2, 0.25) is 23.5 Å². The Morgan fingerprint density at radius 1 is 1.09 bits per heavy atom. The van der Waals surface area contributed by atoms with Crippen molar-refractivity contribution in [2.75, 3.05) is 30.8 Å². The van der Waals surface area contributed by atoms with E-state index in [0.717, 1.165) is 37.2 Å². The summed E-state index contributed by atoms with van der Waals surface area (Å²) in [5.74, 6) is 1.65. The van der Waals surface area contributed by atoms with E-state index < -0.39 is 0 Å². The third-order valence-corrected chi connectivity index (χ3v) is 5.58. The van der Waals surface area contributed by atoms with Gasteiger partial charge in [0, 0.05) is 29.8 Å². The molecule has 0 bridgehead atoms. The highest BCUT2D eigenvalue weighted by molar-refractivity contribution is 5.94. The molecule has 0 aliphatic carbocycles. The minimum Gasteiger partial charge on any atom is -0.497 e. The lowest BCUT2D eigenvalue weighted by Gasteiger charge is -2.30. The lowest BCUT2D eigenvalue weighted by atomic mass is 9.96. The largest absolute Gasteiger partial charge is 0.497 e. The zero-order valence-electron chi connectivity index (χ0n) is 18.7. The van der Waals surface area contributed by atoms with E-state index in [2.05, 4.69) is 25.7 Å². The first kappa shape index (κ1) is 22.5. The maximum Gasteiger partial charge on any atom is 0.241 e. The molecule has 172 valence electrons. The SMILES string of the molecule is COc1ccc(-c2noc(CN3CCC(C(=O)Nc4cccc(NC(C)=O)c4)CC3)n2)cc1. The van der Waals surface area contributed by atoms with Crippen molar-refractivity contribution >= 4 is 23.2 Å². The summed E-state index contributed by atoms with van der Waals surface area (Å²) in [6, 6.07) is 14.7. The van der Waals surface area contributed by atoms with Crippen LogP contribution in [0.4, 0.5) is 11.4 Å². The van der Waals surface area contributed by atoms with Gasteiger partial charge in [0.15, 0.2) is 0 Å². The first-order valence-corrected chi connectivity index (χ1v) is 10.9. The molecular formula is C24H27N5O4. The summed E-state index contributed by atoms with van der Waals surface area (Å²) in [7, 11) is 1.62. The normalized spacial score (nSPS) is 14.6. The maximum absolute atomic E-state index is 12.7. The van der Waals surface area contributed by atoms with Gasteiger partial charge < -0.3 is 19.9 Å². The zero-order valence-corrected chi connectivity index (χ0v) is 18.7. The zero-order chi connectivity index (χ0) is 23.2. The van der Waals surface area contributed by atoms with Gasteiger partial charge in [-0.3, -0.25) is 14.5 Å². The molecule has 4 rings (SSSR count). The number of methoxy groups -OCH3 is 1. The maximum atomic E-state index is 12.7. The Kier molecular flexibility index (Phi) is 6.99. The topological polar surface area (TPSA) is 110 Å². The van der Waals surface area contributed by atoms with Crippen LogP contribution in [0.1, 0.15) is 25.7 Å². The van der Waals surface area contributed by atoms with Crippen LogP contribution < -0.4 is 15.4 Å². The van der Waals surface area contributed by atoms with E-state index in [1.807, 2.05) is 30.3 Å². The smallest absolute Gasteiger partial charge is 0.241 e. The Hall–Kier alpha value is -3.72. The molecule has 0 atom stereocenters. The molecule has 1 fully saturated rings. The minimum atomic E-state index is -0.150. The first-order valence-electron chi connectivity index (χ1n) is 10.9. The van der Waals surface area contributed by atoms with Gasteiger partial charge in [-0.15, -0.1) is 0 Å². The third-order valence-electron chi connectivity index (χ3n) is 5.58. The Bertz CT molecular complexity index is 1100. The third kappa shape index (κ3) is 5.95. The van der Waals surface area contributed by atoms with Crippen molar-refractivity contribution in [3.05, 3.63) is 54.4 Å². The molecule has 0 unspecified atom stereocenters. The van der Waals surface area contributed by atoms with E-state index in [1.165, 1.54) is 6.92 Å². The van der Waals surface area contributed by atoms with E-state index in [4.69, 9.17) is 9.26 Å². The molecule has 33 heavy (non-hydrogen) atoms. The predicted octanol–water partition coefficient (Wildman–Crippen LogP) is 3.55. The van der Waals surface area contributed by atoms with E-state index in [9.17, 15) is 9.59 Å². The van der Waals surface area contributed by atoms with Crippen LogP contribution in [0.2, 0.25) is 0 Å². The van der Waals surface area contributed by atoms with Crippen molar-refractivity contribution in [1.82, 2.24) is 15.0 Å². The van der Waals surface area contributed by atoms with E-state index in [0.29, 0.717) is 29.6 Å². The number of aromatic nitrogens is 2. The molecule has 0 radical (unpaired) electrons. The lowest BCUT2D eigenvalue weighted by molar-refractivity contribution is -0.121. The van der Waals surface area contributed by atoms with Gasteiger partial charge in [0.1, 0.15) is 5.75 Å². The average Bonchev–Trinajstić information content (AvgIpc) is 3.28. The van der Waals surface area contributed by atoms with Crippen molar-refractivity contribution < 1.29 is 18.8 Å². The number of rotatable bonds is 7. The molecule has 9 nitrogen and oxygen atoms in total. The second-order valence-electron chi connectivity index (χ2n) is 8.04. The second-order valence-corrected chi connectivity index (χ2v) is 8.04. The van der Waals surface area contributed by atoms with Gasteiger partial charge in [-0.05, 0) is 68.4 Å². The standard InChI is InChI=1S/C24H27N5O4/c1-16(30)25-19-4-3-5-20(14-19)26-24(31)18-10-12-29(13-11-18)15-22-27-23(28-33-22)17-6-8-21(32-2)9-7-17/h3-9,14,18H,10-13,15H2,1-2H3,(H,25,30)(H,26,31). The molecule has 1 aliphatic heterocycles. The fourth-order valence-corrected chi connectivity index (χ4v) is 3.84. The summed E-state index contributed by atoms with van der Waals surface area (Å²) >= 11 is 0. The van der Waals surface area contributed by atoms with Crippen molar-refractivity contribution in [2.45, 2.75) is 26.3 Å². The van der Waals surface area contributed by atoms with Crippen LogP contribution in [-0.4, -0.2) is 47.1 Å². The lowest BCUT2D eigenvalue weighted by Crippen LogP contribution is -2.37. The molecule has 1 saturated heterocycles. The highest BCUT2D eigenvalue weighted by atomic mass is 16.5. The van der Waals surface area contributed by atoms with Crippen molar-refractivity contribution in [2.24, 2.45) is 5.92 Å². The summed E-state index contributed by atoms with van der Waals surface area (Å²) in [6.07, 6.45) is 1.49. The number of nitrogens with one attached hydrogen (secondary N) is 2. The highest BCUT2D eigenvalue weighted by Crippen LogP contribution is 2.23. The number of carbonyl (C=O) groups excluding carboxylic acids is 2. The monoisotopic (exact) mass is 449 g/mol. The molecule has 1 aromatic heterocycles. The van der Waals surface area contributed by atoms with Crippen LogP contribution >= 0.6 is 0 Å². The van der Waals surface area contributed by atoms with Gasteiger partial charge in [-0.2, -0.15) is 4.98 Å². The Morgan fingerprint density at radius 2 is 1.79 bits per heavy atom. The number of anilines is 2. The van der Waals surface area contributed by atoms with Crippen molar-refractivity contribution in [1.29, 1.82) is 0 Å². The van der Waals surface area contributed by atoms with Crippen LogP contribution in [0.15, 0.2) is 53.1 Å². The summed E-state index contributed by atoms with van der Waals surface area (Å²) in [5.41, 5.74) is 2.19. The Morgan fingerprint density at radius 3 is 2.45 bits per heavy atom. The fraction of sp³-hybridized carbons (Fsp3) is 0.333. The van der Waals surface area contributed by atoms with E-state index >= 15 is 0 Å². The van der Waals surface area contributed by atoms with Gasteiger partial charge in [-0.25, -0.2) is 0 Å². The summed E-state index contributed by atoms with van der Waals surface area (Å²) in [4.78, 5) is 30.6. The van der Waals surface area contributed by atoms with Gasteiger partial charge >= 0.3 is 0 Å². The fourth-order valence-electron chi connectivity index (χ4n) is 3.84. The summed E-state index contributed by atoms with van der Waals surface area (Å²) < 4.78 is 10.6. The molecule has 2 aromatic carbocycles. The van der Waals surface area contributed by atoms with Crippen LogP contribution in [0, 0.1) is 5.92 Å². The molecule has 2 heterocycles. The Balaban J connectivity index is 1.27. The van der Waals surface area contributed by atoms with Crippen LogP contribution in [0.5, 0.6) is 5.75 Å². The number of hydrogen-bond acceptors (Lipinski definition) is 7. The average molecular weight is 450 g/mol. The molecule has 1 aliphatic rings. The first-order chi connectivity index (χ1) is 16.0. The second kappa shape index (κ2) is 10.3. The van der Waals surface area contributed by atoms with Gasteiger partial charge in [0.05, 0.1) is 13.7 Å². The number of amides is 2. The quantitative estimate of drug-likeness (QED) is 0.568. The number of likely N-dealkylation sites (tertiary alicyclic amines) is 1. The molecule has 2 amide bonds. The van der Waals surface area contributed by atoms with Crippen LogP contribution in [0.25, 0.3) is 11.4 Å². The van der Waals surface area contributed by atoms with Gasteiger partial charge in [0.25, 0.3) is 0 Å². The number of nitrogens with zero attached hydrogens (tertiary/aromatic N) is 3. The highest BCUT2D eigenvalue weighted by Gasteiger charge is 2.26. The number of ether oxygens (including phenoxy) is 1. The molecule has 3 aromatic rings. The molecule has 2 N–H and O–H groups in total. The van der Waals surface area contributed by atoms with Gasteiger partial charge in [-0.1, -0.05) is 11.2 Å². The van der Waals surface area contributed by atoms with E-state index in [1.54, 1.807) is 25.3 Å². The number of benzene rings is 2. The summed E-state index contributed by atoms with van der Waals surface area (Å²) in [5, 5.41) is 9.76. The molecule has 0 saturated carbocycles. The predicted molar refractivity (Wildman–Crippen MR) is 124 cm³/mol. The molecule has 0 spiro atoms. The molecular weight excluding hydrogens is 422 g/mol. The molecule has 9 heteroatoms. The van der Waals surface area contributed by atoms with Crippen molar-refractivity contribution in [3.8, 4) is 17.1 Å². The minimum absolute atomic E-state index is 0.00536. The van der Waals surface area contributed by atoms with Crippen molar-refractivity contribution in [3.63, 3.8) is 0 Å². The Labute approximate surface area is 192 Å². The van der Waals surface area contributed by atoms with Crippen LogP contribution in [0.3, 0.4) is 0 Å². The van der Waals surface area contributed by atoms with Crippen LogP contribution in [-0.2, 0) is 16.1 Å². The number of piperidine rings is 1. The van der Waals surface area contributed by atoms with E-state index in [-0.39, 0.29) is 17.7 Å². The number of hydrogen-bond donors (Lipinski definition) is 2.